The number of hydrogen-bond donors (Lipinski definition) is 1. The first-order valence-electron chi connectivity index (χ1n) is 9.62. The van der Waals surface area contributed by atoms with E-state index < -0.39 is 0 Å². The van der Waals surface area contributed by atoms with Gasteiger partial charge in [0, 0.05) is 0 Å². The molecule has 0 aromatic heterocycles. The van der Waals surface area contributed by atoms with Crippen LogP contribution in [0.4, 0.5) is 0 Å². The summed E-state index contributed by atoms with van der Waals surface area (Å²) in [6, 6.07) is 9.64. The van der Waals surface area contributed by atoms with Crippen molar-refractivity contribution in [2.75, 3.05) is 13.2 Å². The zero-order valence-corrected chi connectivity index (χ0v) is 17.5. The Kier molecular flexibility index (Phi) is 7.27. The first-order chi connectivity index (χ1) is 13.2. The topological polar surface area (TPSA) is 55.8 Å². The quantitative estimate of drug-likeness (QED) is 0.622. The van der Waals surface area contributed by atoms with Crippen LogP contribution >= 0.6 is 0 Å². The number of benzene rings is 2. The summed E-state index contributed by atoms with van der Waals surface area (Å²) >= 11 is 0. The van der Waals surface area contributed by atoms with Crippen LogP contribution in [0.2, 0.25) is 0 Å². The summed E-state index contributed by atoms with van der Waals surface area (Å²) < 4.78 is 10.5. The molecule has 150 valence electrons. The van der Waals surface area contributed by atoms with Crippen molar-refractivity contribution in [2.45, 2.75) is 47.0 Å². The number of phenolic OH excluding ortho intramolecular Hbond substituents is 1. The van der Waals surface area contributed by atoms with E-state index in [0.717, 1.165) is 39.8 Å². The third kappa shape index (κ3) is 5.38. The minimum Gasteiger partial charge on any atom is -0.508 e. The fourth-order valence-electron chi connectivity index (χ4n) is 3.21. The average molecular weight is 383 g/mol. The van der Waals surface area contributed by atoms with Gasteiger partial charge in [-0.15, -0.1) is 0 Å². The third-order valence-corrected chi connectivity index (χ3v) is 4.66. The maximum absolute atomic E-state index is 11.6. The number of hydrogen-bond acceptors (Lipinski definition) is 4. The minimum atomic E-state index is -0.383. The highest BCUT2D eigenvalue weighted by Gasteiger charge is 2.14. The lowest BCUT2D eigenvalue weighted by atomic mass is 9.90. The first-order valence-corrected chi connectivity index (χ1v) is 9.62. The van der Waals surface area contributed by atoms with E-state index in [2.05, 4.69) is 26.5 Å². The summed E-state index contributed by atoms with van der Waals surface area (Å²) in [6.45, 7) is 14.2. The van der Waals surface area contributed by atoms with Gasteiger partial charge in [-0.05, 0) is 79.1 Å². The molecule has 0 radical (unpaired) electrons. The van der Waals surface area contributed by atoms with Crippen molar-refractivity contribution >= 4 is 11.5 Å². The van der Waals surface area contributed by atoms with Crippen LogP contribution in [0.1, 0.15) is 61.4 Å². The maximum atomic E-state index is 11.6. The van der Waals surface area contributed by atoms with E-state index in [9.17, 15) is 9.90 Å². The van der Waals surface area contributed by atoms with Crippen molar-refractivity contribution in [1.82, 2.24) is 0 Å². The van der Waals surface area contributed by atoms with Gasteiger partial charge in [-0.1, -0.05) is 38.1 Å². The zero-order chi connectivity index (χ0) is 20.8. The van der Waals surface area contributed by atoms with E-state index >= 15 is 0 Å². The molecule has 0 saturated carbocycles. The molecular formula is C24H30O4. The Morgan fingerprint density at radius 3 is 2.54 bits per heavy atom. The molecule has 2 aromatic carbocycles. The highest BCUT2D eigenvalue weighted by molar-refractivity contribution is 5.72. The molecule has 0 heterocycles. The lowest BCUT2D eigenvalue weighted by Gasteiger charge is -2.17. The second-order valence-electron chi connectivity index (χ2n) is 7.36. The monoisotopic (exact) mass is 382 g/mol. The van der Waals surface area contributed by atoms with E-state index in [1.807, 2.05) is 32.0 Å². The van der Waals surface area contributed by atoms with Gasteiger partial charge in [0.05, 0.1) is 6.61 Å². The number of phenols is 1. The van der Waals surface area contributed by atoms with Gasteiger partial charge in [0.25, 0.3) is 0 Å². The summed E-state index contributed by atoms with van der Waals surface area (Å²) in [5, 5.41) is 10.1. The SMILES string of the molecule is C=C(C)c1cc(OCC(=O)OCC)cc(C)c1Cc1ccc(O)c(C(C)C)c1. The molecule has 28 heavy (non-hydrogen) atoms. The van der Waals surface area contributed by atoms with Crippen LogP contribution < -0.4 is 4.74 Å². The summed E-state index contributed by atoms with van der Waals surface area (Å²) in [7, 11) is 0. The number of allylic oxidation sites excluding steroid dienone is 1. The van der Waals surface area contributed by atoms with Crippen molar-refractivity contribution in [3.63, 3.8) is 0 Å². The van der Waals surface area contributed by atoms with E-state index in [4.69, 9.17) is 9.47 Å². The van der Waals surface area contributed by atoms with Crippen LogP contribution in [-0.2, 0) is 16.0 Å². The molecule has 0 atom stereocenters. The Morgan fingerprint density at radius 1 is 1.21 bits per heavy atom. The lowest BCUT2D eigenvalue weighted by molar-refractivity contribution is -0.145. The van der Waals surface area contributed by atoms with Gasteiger partial charge < -0.3 is 14.6 Å². The van der Waals surface area contributed by atoms with Crippen molar-refractivity contribution in [3.8, 4) is 11.5 Å². The Labute approximate surface area is 167 Å². The molecule has 4 heteroatoms. The zero-order valence-electron chi connectivity index (χ0n) is 17.5. The minimum absolute atomic E-state index is 0.113. The fraction of sp³-hybridized carbons (Fsp3) is 0.375. The van der Waals surface area contributed by atoms with Crippen LogP contribution in [0.25, 0.3) is 5.57 Å². The molecule has 0 bridgehead atoms. The second kappa shape index (κ2) is 9.45. The summed E-state index contributed by atoms with van der Waals surface area (Å²) in [5.74, 6) is 0.825. The molecular weight excluding hydrogens is 352 g/mol. The Morgan fingerprint density at radius 2 is 1.93 bits per heavy atom. The number of carbonyl (C=O) groups excluding carboxylic acids is 1. The van der Waals surface area contributed by atoms with Gasteiger partial charge in [0.15, 0.2) is 6.61 Å². The molecule has 0 saturated heterocycles. The Hall–Kier alpha value is -2.75. The average Bonchev–Trinajstić information content (AvgIpc) is 2.63. The maximum Gasteiger partial charge on any atom is 0.344 e. The van der Waals surface area contributed by atoms with Crippen LogP contribution in [-0.4, -0.2) is 24.3 Å². The summed E-state index contributed by atoms with van der Waals surface area (Å²) in [4.78, 5) is 11.6. The molecule has 2 aromatic rings. The Balaban J connectivity index is 2.33. The molecule has 0 fully saturated rings. The van der Waals surface area contributed by atoms with Crippen molar-refractivity contribution in [1.29, 1.82) is 0 Å². The number of aromatic hydroxyl groups is 1. The van der Waals surface area contributed by atoms with Gasteiger partial charge in [0.2, 0.25) is 0 Å². The smallest absolute Gasteiger partial charge is 0.344 e. The van der Waals surface area contributed by atoms with E-state index in [-0.39, 0.29) is 18.5 Å². The number of aryl methyl sites for hydroxylation is 1. The number of rotatable bonds is 8. The molecule has 0 spiro atoms. The summed E-state index contributed by atoms with van der Waals surface area (Å²) in [6.07, 6.45) is 0.728. The number of carbonyl (C=O) groups is 1. The molecule has 0 amide bonds. The van der Waals surface area contributed by atoms with Crippen molar-refractivity contribution in [2.24, 2.45) is 0 Å². The lowest BCUT2D eigenvalue weighted by Crippen LogP contribution is -2.15. The predicted molar refractivity (Wildman–Crippen MR) is 113 cm³/mol. The number of ether oxygens (including phenoxy) is 2. The fourth-order valence-corrected chi connectivity index (χ4v) is 3.21. The first kappa shape index (κ1) is 21.5. The van der Waals surface area contributed by atoms with Gasteiger partial charge >= 0.3 is 5.97 Å². The van der Waals surface area contributed by atoms with Gasteiger partial charge in [-0.2, -0.15) is 0 Å². The van der Waals surface area contributed by atoms with E-state index in [0.29, 0.717) is 18.1 Å². The highest BCUT2D eigenvalue weighted by Crippen LogP contribution is 2.31. The second-order valence-corrected chi connectivity index (χ2v) is 7.36. The van der Waals surface area contributed by atoms with E-state index in [1.165, 1.54) is 0 Å². The summed E-state index contributed by atoms with van der Waals surface area (Å²) in [5.41, 5.74) is 6.25. The highest BCUT2D eigenvalue weighted by atomic mass is 16.6. The van der Waals surface area contributed by atoms with Gasteiger partial charge in [-0.3, -0.25) is 0 Å². The van der Waals surface area contributed by atoms with Gasteiger partial charge in [0.1, 0.15) is 11.5 Å². The van der Waals surface area contributed by atoms with Crippen LogP contribution in [0.15, 0.2) is 36.9 Å². The third-order valence-electron chi connectivity index (χ3n) is 4.66. The van der Waals surface area contributed by atoms with Crippen molar-refractivity contribution < 1.29 is 19.4 Å². The molecule has 0 aliphatic carbocycles. The van der Waals surface area contributed by atoms with Crippen LogP contribution in [0.5, 0.6) is 11.5 Å². The molecule has 0 aliphatic heterocycles. The van der Waals surface area contributed by atoms with E-state index in [1.54, 1.807) is 13.0 Å². The largest absolute Gasteiger partial charge is 0.508 e. The molecule has 2 rings (SSSR count). The molecule has 1 N–H and O–H groups in total. The number of esters is 1. The normalized spacial score (nSPS) is 10.8. The van der Waals surface area contributed by atoms with Crippen LogP contribution in [0.3, 0.4) is 0 Å². The van der Waals surface area contributed by atoms with Crippen molar-refractivity contribution in [3.05, 3.63) is 64.7 Å². The molecule has 0 unspecified atom stereocenters. The Bertz CT molecular complexity index is 865. The standard InChI is InChI=1S/C24H30O4/c1-7-27-24(26)14-28-19-10-17(6)22(20(13-19)15(2)3)12-18-8-9-23(25)21(11-18)16(4)5/h8-11,13,16,25H,2,7,12,14H2,1,3-6H3. The molecule has 4 nitrogen and oxygen atoms in total. The predicted octanol–water partition coefficient (Wildman–Crippen LogP) is 5.39. The molecule has 0 aliphatic rings. The van der Waals surface area contributed by atoms with Crippen LogP contribution in [0, 0.1) is 6.92 Å². The van der Waals surface area contributed by atoms with Gasteiger partial charge in [-0.25, -0.2) is 4.79 Å².